The lowest BCUT2D eigenvalue weighted by atomic mass is 9.98. The normalized spacial score (nSPS) is 15.0. The summed E-state index contributed by atoms with van der Waals surface area (Å²) >= 11 is 0. The molecule has 0 saturated carbocycles. The predicted molar refractivity (Wildman–Crippen MR) is 119 cm³/mol. The van der Waals surface area contributed by atoms with Crippen molar-refractivity contribution in [2.24, 2.45) is 7.05 Å². The maximum absolute atomic E-state index is 11.0. The van der Waals surface area contributed by atoms with Gasteiger partial charge in [-0.2, -0.15) is 0 Å². The van der Waals surface area contributed by atoms with Gasteiger partial charge in [0.25, 0.3) is 0 Å². The standard InChI is InChI=1S/C25H28N2O4/c1-16-23(26-25(27(16)2)17-6-8-20(30-3)9-7-17)12-13-31-21-10-11-22-18(14-21)4-5-19(22)15-24(28)29/h6-11,14,19H,4-5,12-13,15H2,1-3H3,(H,28,29)/t19-/m0/s1. The molecule has 1 atom stereocenters. The van der Waals surface area contributed by atoms with Gasteiger partial charge in [-0.3, -0.25) is 4.79 Å². The minimum Gasteiger partial charge on any atom is -0.497 e. The number of carboxylic acid groups (broad SMARTS) is 1. The summed E-state index contributed by atoms with van der Waals surface area (Å²) in [5, 5.41) is 9.08. The van der Waals surface area contributed by atoms with E-state index >= 15 is 0 Å². The van der Waals surface area contributed by atoms with E-state index in [4.69, 9.17) is 19.6 Å². The zero-order valence-electron chi connectivity index (χ0n) is 18.2. The molecule has 1 aliphatic rings. The van der Waals surface area contributed by atoms with E-state index in [-0.39, 0.29) is 12.3 Å². The average Bonchev–Trinajstić information content (AvgIpc) is 3.29. The van der Waals surface area contributed by atoms with E-state index in [0.717, 1.165) is 52.7 Å². The minimum absolute atomic E-state index is 0.120. The van der Waals surface area contributed by atoms with Crippen LogP contribution in [0.5, 0.6) is 11.5 Å². The summed E-state index contributed by atoms with van der Waals surface area (Å²) in [5.74, 6) is 1.97. The fourth-order valence-corrected chi connectivity index (χ4v) is 4.33. The van der Waals surface area contributed by atoms with Gasteiger partial charge in [-0.25, -0.2) is 4.98 Å². The molecule has 0 spiro atoms. The first-order valence-electron chi connectivity index (χ1n) is 10.6. The van der Waals surface area contributed by atoms with E-state index in [9.17, 15) is 4.79 Å². The number of carbonyl (C=O) groups is 1. The van der Waals surface area contributed by atoms with Gasteiger partial charge in [-0.1, -0.05) is 6.07 Å². The Bertz CT molecular complexity index is 1090. The Labute approximate surface area is 182 Å². The molecule has 0 amide bonds. The number of hydrogen-bond donors (Lipinski definition) is 1. The number of aryl methyl sites for hydroxylation is 1. The molecular weight excluding hydrogens is 392 g/mol. The van der Waals surface area contributed by atoms with Crippen LogP contribution in [0.25, 0.3) is 11.4 Å². The van der Waals surface area contributed by atoms with Gasteiger partial charge >= 0.3 is 5.97 Å². The highest BCUT2D eigenvalue weighted by Gasteiger charge is 2.25. The van der Waals surface area contributed by atoms with Crippen LogP contribution in [0.1, 0.15) is 41.3 Å². The number of fused-ring (bicyclic) bond motifs is 1. The van der Waals surface area contributed by atoms with Gasteiger partial charge in [0.05, 0.1) is 25.8 Å². The highest BCUT2D eigenvalue weighted by molar-refractivity contribution is 5.68. The maximum atomic E-state index is 11.0. The summed E-state index contributed by atoms with van der Waals surface area (Å²) in [7, 11) is 3.69. The fourth-order valence-electron chi connectivity index (χ4n) is 4.33. The molecule has 0 radical (unpaired) electrons. The Morgan fingerprint density at radius 2 is 1.94 bits per heavy atom. The van der Waals surface area contributed by atoms with Gasteiger partial charge in [-0.05, 0) is 73.2 Å². The molecule has 4 rings (SSSR count). The highest BCUT2D eigenvalue weighted by Crippen LogP contribution is 2.37. The first kappa shape index (κ1) is 21.0. The van der Waals surface area contributed by atoms with Crippen LogP contribution < -0.4 is 9.47 Å². The second-order valence-corrected chi connectivity index (χ2v) is 8.05. The van der Waals surface area contributed by atoms with Crippen LogP contribution in [0.15, 0.2) is 42.5 Å². The molecule has 31 heavy (non-hydrogen) atoms. The number of aliphatic carboxylic acids is 1. The Kier molecular flexibility index (Phi) is 5.98. The summed E-state index contributed by atoms with van der Waals surface area (Å²) in [5.41, 5.74) is 5.56. The quantitative estimate of drug-likeness (QED) is 0.580. The zero-order valence-corrected chi connectivity index (χ0v) is 18.2. The molecule has 1 N–H and O–H groups in total. The van der Waals surface area contributed by atoms with Crippen LogP contribution in [0, 0.1) is 6.92 Å². The molecule has 0 unspecified atom stereocenters. The number of methoxy groups -OCH3 is 1. The topological polar surface area (TPSA) is 73.6 Å². The molecular formula is C25H28N2O4. The maximum Gasteiger partial charge on any atom is 0.303 e. The van der Waals surface area contributed by atoms with Crippen molar-refractivity contribution in [3.05, 3.63) is 65.0 Å². The van der Waals surface area contributed by atoms with Crippen molar-refractivity contribution < 1.29 is 19.4 Å². The zero-order chi connectivity index (χ0) is 22.0. The molecule has 2 aromatic carbocycles. The summed E-state index contributed by atoms with van der Waals surface area (Å²) < 4.78 is 13.4. The van der Waals surface area contributed by atoms with Crippen molar-refractivity contribution in [2.75, 3.05) is 13.7 Å². The Morgan fingerprint density at radius 1 is 1.19 bits per heavy atom. The summed E-state index contributed by atoms with van der Waals surface area (Å²) in [6.07, 6.45) is 2.72. The Morgan fingerprint density at radius 3 is 2.65 bits per heavy atom. The molecule has 1 aromatic heterocycles. The van der Waals surface area contributed by atoms with Crippen molar-refractivity contribution in [3.63, 3.8) is 0 Å². The average molecular weight is 421 g/mol. The number of rotatable bonds is 8. The van der Waals surface area contributed by atoms with Gasteiger partial charge in [0.1, 0.15) is 17.3 Å². The van der Waals surface area contributed by atoms with Gasteiger partial charge in [0.15, 0.2) is 0 Å². The van der Waals surface area contributed by atoms with Gasteiger partial charge in [-0.15, -0.1) is 0 Å². The van der Waals surface area contributed by atoms with Crippen LogP contribution in [-0.4, -0.2) is 34.3 Å². The first-order chi connectivity index (χ1) is 15.0. The lowest BCUT2D eigenvalue weighted by Crippen LogP contribution is -2.05. The number of carboxylic acids is 1. The SMILES string of the molecule is COc1ccc(-c2nc(CCOc3ccc4c(c3)CC[C@H]4CC(=O)O)c(C)n2C)cc1. The van der Waals surface area contributed by atoms with E-state index in [1.165, 1.54) is 5.56 Å². The number of ether oxygens (including phenoxy) is 2. The van der Waals surface area contributed by atoms with E-state index < -0.39 is 5.97 Å². The second kappa shape index (κ2) is 8.84. The summed E-state index contributed by atoms with van der Waals surface area (Å²) in [6, 6.07) is 14.0. The van der Waals surface area contributed by atoms with E-state index in [0.29, 0.717) is 13.0 Å². The molecule has 0 fully saturated rings. The van der Waals surface area contributed by atoms with Crippen LogP contribution in [0.4, 0.5) is 0 Å². The molecule has 1 heterocycles. The van der Waals surface area contributed by atoms with E-state index in [2.05, 4.69) is 17.6 Å². The van der Waals surface area contributed by atoms with Crippen molar-refractivity contribution >= 4 is 5.97 Å². The first-order valence-corrected chi connectivity index (χ1v) is 10.6. The number of imidazole rings is 1. The number of hydrogen-bond acceptors (Lipinski definition) is 4. The lowest BCUT2D eigenvalue weighted by Gasteiger charge is -2.11. The molecule has 6 heteroatoms. The number of aromatic nitrogens is 2. The number of benzene rings is 2. The Hall–Kier alpha value is -3.28. The van der Waals surface area contributed by atoms with E-state index in [1.54, 1.807) is 7.11 Å². The molecule has 6 nitrogen and oxygen atoms in total. The van der Waals surface area contributed by atoms with Crippen molar-refractivity contribution in [1.29, 1.82) is 0 Å². The smallest absolute Gasteiger partial charge is 0.303 e. The third kappa shape index (κ3) is 4.43. The molecule has 162 valence electrons. The minimum atomic E-state index is -0.738. The van der Waals surface area contributed by atoms with Crippen LogP contribution >= 0.6 is 0 Å². The lowest BCUT2D eigenvalue weighted by molar-refractivity contribution is -0.137. The highest BCUT2D eigenvalue weighted by atomic mass is 16.5. The fraction of sp³-hybridized carbons (Fsp3) is 0.360. The van der Waals surface area contributed by atoms with Crippen molar-refractivity contribution in [1.82, 2.24) is 9.55 Å². The Balaban J connectivity index is 1.41. The third-order valence-corrected chi connectivity index (χ3v) is 6.17. The van der Waals surface area contributed by atoms with Crippen LogP contribution in [0.2, 0.25) is 0 Å². The van der Waals surface area contributed by atoms with E-state index in [1.807, 2.05) is 43.4 Å². The summed E-state index contributed by atoms with van der Waals surface area (Å²) in [4.78, 5) is 15.9. The largest absolute Gasteiger partial charge is 0.497 e. The molecule has 0 bridgehead atoms. The monoisotopic (exact) mass is 420 g/mol. The van der Waals surface area contributed by atoms with Gasteiger partial charge < -0.3 is 19.1 Å². The molecule has 0 aliphatic heterocycles. The third-order valence-electron chi connectivity index (χ3n) is 6.17. The van der Waals surface area contributed by atoms with Crippen molar-refractivity contribution in [2.45, 2.75) is 38.5 Å². The molecule has 3 aromatic rings. The van der Waals surface area contributed by atoms with Crippen molar-refractivity contribution in [3.8, 4) is 22.9 Å². The second-order valence-electron chi connectivity index (χ2n) is 8.05. The predicted octanol–water partition coefficient (Wildman–Crippen LogP) is 4.53. The van der Waals surface area contributed by atoms with Crippen LogP contribution in [0.3, 0.4) is 0 Å². The summed E-state index contributed by atoms with van der Waals surface area (Å²) in [6.45, 7) is 2.62. The van der Waals surface area contributed by atoms with Crippen LogP contribution in [-0.2, 0) is 24.7 Å². The number of nitrogens with zero attached hydrogens (tertiary/aromatic N) is 2. The molecule has 0 saturated heterocycles. The molecule has 1 aliphatic carbocycles. The van der Waals surface area contributed by atoms with Gasteiger partial charge in [0, 0.05) is 24.7 Å². The van der Waals surface area contributed by atoms with Gasteiger partial charge in [0.2, 0.25) is 0 Å².